The van der Waals surface area contributed by atoms with Crippen LogP contribution >= 0.6 is 11.6 Å². The zero-order valence-electron chi connectivity index (χ0n) is 7.25. The topological polar surface area (TPSA) is 90.5 Å². The van der Waals surface area contributed by atoms with E-state index in [0.29, 0.717) is 5.02 Å². The molecule has 1 rings (SSSR count). The Morgan fingerprint density at radius 2 is 1.93 bits per heavy atom. The molecule has 15 heavy (non-hydrogen) atoms. The van der Waals surface area contributed by atoms with Crippen molar-refractivity contribution in [2.45, 2.75) is 4.90 Å². The highest BCUT2D eigenvalue weighted by Crippen LogP contribution is 2.16. The van der Waals surface area contributed by atoms with Crippen molar-refractivity contribution in [2.24, 2.45) is 5.16 Å². The van der Waals surface area contributed by atoms with Crippen molar-refractivity contribution >= 4 is 26.5 Å². The highest BCUT2D eigenvalue weighted by atomic mass is 35.5. The highest BCUT2D eigenvalue weighted by molar-refractivity contribution is 8.07. The monoisotopic (exact) mass is 244 g/mol. The molecule has 78 valence electrons. The van der Waals surface area contributed by atoms with E-state index < -0.39 is 14.9 Å². The lowest BCUT2D eigenvalue weighted by Crippen LogP contribution is -2.13. The molecule has 0 spiro atoms. The Kier molecular flexibility index (Phi) is 3.29. The number of halogens is 1. The lowest BCUT2D eigenvalue weighted by Gasteiger charge is -1.99. The van der Waals surface area contributed by atoms with E-state index >= 15 is 0 Å². The van der Waals surface area contributed by atoms with E-state index in [1.165, 1.54) is 30.3 Å². The SMILES string of the molecule is N#C/C(=N\O)S(=O)(=O)c1ccc(Cl)cc1. The minimum Gasteiger partial charge on any atom is -0.409 e. The smallest absolute Gasteiger partial charge is 0.275 e. The molecule has 0 radical (unpaired) electrons. The first kappa shape index (κ1) is 11.5. The van der Waals surface area contributed by atoms with Gasteiger partial charge in [-0.1, -0.05) is 16.8 Å². The zero-order chi connectivity index (χ0) is 11.5. The molecule has 1 N–H and O–H groups in total. The minimum atomic E-state index is -4.04. The molecule has 1 aromatic rings. The van der Waals surface area contributed by atoms with Gasteiger partial charge in [-0.05, 0) is 24.3 Å². The van der Waals surface area contributed by atoms with Crippen LogP contribution in [0.25, 0.3) is 0 Å². The fraction of sp³-hybridized carbons (Fsp3) is 0. The third-order valence-electron chi connectivity index (χ3n) is 1.56. The molecule has 0 aliphatic rings. The molecule has 0 heterocycles. The van der Waals surface area contributed by atoms with Crippen LogP contribution in [0.3, 0.4) is 0 Å². The summed E-state index contributed by atoms with van der Waals surface area (Å²) in [6, 6.07) is 6.45. The summed E-state index contributed by atoms with van der Waals surface area (Å²) in [6.07, 6.45) is 0. The molecule has 0 aliphatic carbocycles. The summed E-state index contributed by atoms with van der Waals surface area (Å²) in [5, 5.41) is 18.6. The molecule has 0 fully saturated rings. The number of benzene rings is 1. The predicted octanol–water partition coefficient (Wildman–Crippen LogP) is 1.42. The first-order valence-corrected chi connectivity index (χ1v) is 5.51. The third-order valence-corrected chi connectivity index (χ3v) is 3.39. The largest absolute Gasteiger partial charge is 0.409 e. The average molecular weight is 245 g/mol. The second kappa shape index (κ2) is 4.29. The number of nitrogens with zero attached hydrogens (tertiary/aromatic N) is 2. The Morgan fingerprint density at radius 1 is 1.40 bits per heavy atom. The van der Waals surface area contributed by atoms with Crippen LogP contribution in [0.1, 0.15) is 0 Å². The first-order valence-electron chi connectivity index (χ1n) is 3.65. The standard InChI is InChI=1S/C8H5ClN2O3S/c9-6-1-3-7(4-2-6)15(13,14)8(5-10)11-12/h1-4,12H/b11-8+. The van der Waals surface area contributed by atoms with E-state index in [4.69, 9.17) is 22.1 Å². The zero-order valence-corrected chi connectivity index (χ0v) is 8.83. The van der Waals surface area contributed by atoms with Crippen molar-refractivity contribution in [3.05, 3.63) is 29.3 Å². The van der Waals surface area contributed by atoms with Gasteiger partial charge in [-0.25, -0.2) is 8.42 Å². The Morgan fingerprint density at radius 3 is 2.33 bits per heavy atom. The van der Waals surface area contributed by atoms with Gasteiger partial charge in [0, 0.05) is 5.02 Å². The number of oxime groups is 1. The van der Waals surface area contributed by atoms with Crippen LogP contribution in [-0.2, 0) is 9.84 Å². The van der Waals surface area contributed by atoms with Crippen molar-refractivity contribution in [2.75, 3.05) is 0 Å². The van der Waals surface area contributed by atoms with Gasteiger partial charge in [-0.2, -0.15) is 5.26 Å². The van der Waals surface area contributed by atoms with Crippen molar-refractivity contribution in [3.63, 3.8) is 0 Å². The van der Waals surface area contributed by atoms with Crippen LogP contribution in [-0.4, -0.2) is 18.7 Å². The van der Waals surface area contributed by atoms with E-state index in [2.05, 4.69) is 5.16 Å². The molecule has 0 amide bonds. The molecule has 7 heteroatoms. The fourth-order valence-corrected chi connectivity index (χ4v) is 1.93. The van der Waals surface area contributed by atoms with Crippen LogP contribution in [0.5, 0.6) is 0 Å². The maximum Gasteiger partial charge on any atom is 0.275 e. The minimum absolute atomic E-state index is 0.152. The summed E-state index contributed by atoms with van der Waals surface area (Å²) in [7, 11) is -4.04. The van der Waals surface area contributed by atoms with Gasteiger partial charge in [-0.15, -0.1) is 0 Å². The average Bonchev–Trinajstić information content (AvgIpc) is 2.19. The maximum atomic E-state index is 11.5. The van der Waals surface area contributed by atoms with Gasteiger partial charge in [-0.3, -0.25) is 0 Å². The number of hydrogen-bond donors (Lipinski definition) is 1. The Hall–Kier alpha value is -1.58. The molecular weight excluding hydrogens is 240 g/mol. The summed E-state index contributed by atoms with van der Waals surface area (Å²) in [5.41, 5.74) is 0. The van der Waals surface area contributed by atoms with E-state index in [0.717, 1.165) is 0 Å². The van der Waals surface area contributed by atoms with Crippen LogP contribution in [0.4, 0.5) is 0 Å². The lowest BCUT2D eigenvalue weighted by molar-refractivity contribution is 0.321. The Bertz CT molecular complexity index is 528. The second-order valence-corrected chi connectivity index (χ2v) is 4.78. The lowest BCUT2D eigenvalue weighted by atomic mass is 10.4. The summed E-state index contributed by atoms with van der Waals surface area (Å²) in [4.78, 5) is -0.152. The fourth-order valence-electron chi connectivity index (χ4n) is 0.862. The van der Waals surface area contributed by atoms with E-state index in [-0.39, 0.29) is 4.90 Å². The Balaban J connectivity index is 3.31. The summed E-state index contributed by atoms with van der Waals surface area (Å²) < 4.78 is 23.1. The van der Waals surface area contributed by atoms with Gasteiger partial charge in [0.05, 0.1) is 4.90 Å². The van der Waals surface area contributed by atoms with Crippen molar-refractivity contribution in [1.29, 1.82) is 5.26 Å². The van der Waals surface area contributed by atoms with Gasteiger partial charge in [0.2, 0.25) is 9.84 Å². The number of sulfone groups is 1. The van der Waals surface area contributed by atoms with E-state index in [1.807, 2.05) is 0 Å². The molecular formula is C8H5ClN2O3S. The molecule has 0 atom stereocenters. The van der Waals surface area contributed by atoms with Crippen molar-refractivity contribution in [1.82, 2.24) is 0 Å². The molecule has 0 saturated heterocycles. The number of nitriles is 1. The van der Waals surface area contributed by atoms with Crippen LogP contribution < -0.4 is 0 Å². The van der Waals surface area contributed by atoms with E-state index in [9.17, 15) is 8.42 Å². The van der Waals surface area contributed by atoms with Gasteiger partial charge in [0.15, 0.2) is 0 Å². The number of rotatable bonds is 1. The predicted molar refractivity (Wildman–Crippen MR) is 53.5 cm³/mol. The summed E-state index contributed by atoms with van der Waals surface area (Å²) in [5.74, 6) is 0. The molecule has 0 unspecified atom stereocenters. The van der Waals surface area contributed by atoms with Crippen molar-refractivity contribution in [3.8, 4) is 6.07 Å². The molecule has 0 aromatic heterocycles. The summed E-state index contributed by atoms with van der Waals surface area (Å²) >= 11 is 5.57. The van der Waals surface area contributed by atoms with Gasteiger partial charge in [0.1, 0.15) is 6.07 Å². The van der Waals surface area contributed by atoms with Gasteiger partial charge in [0.25, 0.3) is 5.04 Å². The second-order valence-electron chi connectivity index (χ2n) is 2.47. The van der Waals surface area contributed by atoms with Gasteiger partial charge < -0.3 is 5.21 Å². The summed E-state index contributed by atoms with van der Waals surface area (Å²) in [6.45, 7) is 0. The molecule has 5 nitrogen and oxygen atoms in total. The van der Waals surface area contributed by atoms with Crippen LogP contribution in [0.15, 0.2) is 34.3 Å². The normalized spacial score (nSPS) is 12.1. The highest BCUT2D eigenvalue weighted by Gasteiger charge is 2.22. The van der Waals surface area contributed by atoms with E-state index in [1.54, 1.807) is 0 Å². The van der Waals surface area contributed by atoms with Crippen LogP contribution in [0, 0.1) is 11.3 Å². The Labute approximate surface area is 91.1 Å². The molecule has 0 bridgehead atoms. The quantitative estimate of drug-likeness (QED) is 0.350. The molecule has 0 saturated carbocycles. The van der Waals surface area contributed by atoms with Crippen molar-refractivity contribution < 1.29 is 13.6 Å². The number of hydrogen-bond acceptors (Lipinski definition) is 5. The third kappa shape index (κ3) is 2.26. The maximum absolute atomic E-state index is 11.5. The first-order chi connectivity index (χ1) is 7.02. The van der Waals surface area contributed by atoms with Crippen LogP contribution in [0.2, 0.25) is 5.02 Å². The van der Waals surface area contributed by atoms with Gasteiger partial charge >= 0.3 is 0 Å². The molecule has 0 aliphatic heterocycles. The molecule has 1 aromatic carbocycles.